The molecule has 0 rings (SSSR count). The van der Waals surface area contributed by atoms with E-state index in [4.69, 9.17) is 5.11 Å². The summed E-state index contributed by atoms with van der Waals surface area (Å²) in [6.07, 6.45) is 3.86. The maximum atomic E-state index is 11.2. The van der Waals surface area contributed by atoms with Gasteiger partial charge < -0.3 is 9.84 Å². The first-order chi connectivity index (χ1) is 8.02. The molecule has 6 nitrogen and oxygen atoms in total. The number of esters is 1. The fourth-order valence-corrected chi connectivity index (χ4v) is 1.12. The van der Waals surface area contributed by atoms with Crippen LogP contribution in [0.3, 0.4) is 0 Å². The SMILES string of the molecule is C=C(C(=O)OC)C(C=CC(=O)O)CCN=C=O. The van der Waals surface area contributed by atoms with Crippen LogP contribution in [0.2, 0.25) is 0 Å². The topological polar surface area (TPSA) is 93.0 Å². The highest BCUT2D eigenvalue weighted by Crippen LogP contribution is 2.16. The predicted octanol–water partition coefficient (Wildman–Crippen LogP) is 0.698. The summed E-state index contributed by atoms with van der Waals surface area (Å²) in [6.45, 7) is 3.66. The highest BCUT2D eigenvalue weighted by Gasteiger charge is 2.17. The number of carboxylic acid groups (broad SMARTS) is 1. The molecule has 6 heteroatoms. The lowest BCUT2D eigenvalue weighted by Gasteiger charge is -2.12. The van der Waals surface area contributed by atoms with Gasteiger partial charge in [0.05, 0.1) is 13.7 Å². The number of nitrogens with zero attached hydrogens (tertiary/aromatic N) is 1. The van der Waals surface area contributed by atoms with Gasteiger partial charge in [-0.15, -0.1) is 0 Å². The Labute approximate surface area is 98.3 Å². The van der Waals surface area contributed by atoms with Crippen molar-refractivity contribution in [2.24, 2.45) is 10.9 Å². The van der Waals surface area contributed by atoms with Gasteiger partial charge >= 0.3 is 11.9 Å². The van der Waals surface area contributed by atoms with Crippen molar-refractivity contribution in [2.75, 3.05) is 13.7 Å². The van der Waals surface area contributed by atoms with Crippen LogP contribution in [-0.2, 0) is 19.1 Å². The molecule has 0 fully saturated rings. The van der Waals surface area contributed by atoms with E-state index in [1.807, 2.05) is 0 Å². The van der Waals surface area contributed by atoms with E-state index in [0.717, 1.165) is 6.08 Å². The van der Waals surface area contributed by atoms with E-state index in [1.165, 1.54) is 19.3 Å². The lowest BCUT2D eigenvalue weighted by Crippen LogP contribution is -2.13. The van der Waals surface area contributed by atoms with Crippen molar-refractivity contribution in [1.82, 2.24) is 0 Å². The third-order valence-electron chi connectivity index (χ3n) is 1.98. The Hall–Kier alpha value is -2.20. The van der Waals surface area contributed by atoms with Gasteiger partial charge in [-0.05, 0) is 6.42 Å². The lowest BCUT2D eigenvalue weighted by atomic mass is 9.96. The van der Waals surface area contributed by atoms with Crippen molar-refractivity contribution in [3.8, 4) is 0 Å². The van der Waals surface area contributed by atoms with Gasteiger partial charge in [-0.1, -0.05) is 12.7 Å². The number of ether oxygens (including phenoxy) is 1. The number of aliphatic imine (C=N–C) groups is 1. The summed E-state index contributed by atoms with van der Waals surface area (Å²) < 4.78 is 4.48. The fourth-order valence-electron chi connectivity index (χ4n) is 1.12. The second-order valence-electron chi connectivity index (χ2n) is 3.08. The van der Waals surface area contributed by atoms with Crippen molar-refractivity contribution >= 4 is 18.0 Å². The Morgan fingerprint density at radius 3 is 2.71 bits per heavy atom. The number of rotatable bonds is 7. The smallest absolute Gasteiger partial charge is 0.333 e. The van der Waals surface area contributed by atoms with Crippen LogP contribution in [0.5, 0.6) is 0 Å². The number of carboxylic acids is 1. The van der Waals surface area contributed by atoms with Crippen molar-refractivity contribution in [2.45, 2.75) is 6.42 Å². The summed E-state index contributed by atoms with van der Waals surface area (Å²) in [5.41, 5.74) is 0.117. The minimum absolute atomic E-state index is 0.117. The zero-order chi connectivity index (χ0) is 13.3. The lowest BCUT2D eigenvalue weighted by molar-refractivity contribution is -0.136. The van der Waals surface area contributed by atoms with Crippen molar-refractivity contribution in [1.29, 1.82) is 0 Å². The fraction of sp³-hybridized carbons (Fsp3) is 0.364. The number of methoxy groups -OCH3 is 1. The number of carbonyl (C=O) groups excluding carboxylic acids is 2. The highest BCUT2D eigenvalue weighted by atomic mass is 16.5. The molecule has 0 spiro atoms. The van der Waals surface area contributed by atoms with Crippen LogP contribution in [0.4, 0.5) is 0 Å². The Morgan fingerprint density at radius 1 is 1.59 bits per heavy atom. The number of isocyanates is 1. The van der Waals surface area contributed by atoms with E-state index >= 15 is 0 Å². The van der Waals surface area contributed by atoms with Crippen LogP contribution in [0.25, 0.3) is 0 Å². The van der Waals surface area contributed by atoms with E-state index < -0.39 is 17.9 Å². The Morgan fingerprint density at radius 2 is 2.24 bits per heavy atom. The first kappa shape index (κ1) is 14.8. The van der Waals surface area contributed by atoms with Crippen LogP contribution in [0, 0.1) is 5.92 Å². The zero-order valence-electron chi connectivity index (χ0n) is 9.38. The Balaban J connectivity index is 4.70. The molecule has 0 aliphatic heterocycles. The summed E-state index contributed by atoms with van der Waals surface area (Å²) in [5, 5.41) is 8.49. The van der Waals surface area contributed by atoms with Gasteiger partial charge in [0.2, 0.25) is 6.08 Å². The zero-order valence-corrected chi connectivity index (χ0v) is 9.38. The minimum Gasteiger partial charge on any atom is -0.478 e. The summed E-state index contributed by atoms with van der Waals surface area (Å²) in [5.74, 6) is -2.29. The van der Waals surface area contributed by atoms with Crippen molar-refractivity contribution in [3.05, 3.63) is 24.3 Å². The predicted molar refractivity (Wildman–Crippen MR) is 59.0 cm³/mol. The summed E-state index contributed by atoms with van der Waals surface area (Å²) in [7, 11) is 1.20. The van der Waals surface area contributed by atoms with E-state index in [2.05, 4.69) is 16.3 Å². The number of allylic oxidation sites excluding steroid dienone is 1. The van der Waals surface area contributed by atoms with E-state index in [0.29, 0.717) is 0 Å². The van der Waals surface area contributed by atoms with Crippen LogP contribution < -0.4 is 0 Å². The molecule has 0 heterocycles. The molecular weight excluding hydrogens is 226 g/mol. The molecule has 0 aliphatic carbocycles. The highest BCUT2D eigenvalue weighted by molar-refractivity contribution is 5.89. The summed E-state index contributed by atoms with van der Waals surface area (Å²) >= 11 is 0. The van der Waals surface area contributed by atoms with E-state index in [1.54, 1.807) is 0 Å². The molecule has 0 saturated heterocycles. The van der Waals surface area contributed by atoms with Crippen molar-refractivity contribution < 1.29 is 24.2 Å². The van der Waals surface area contributed by atoms with Crippen LogP contribution in [0.15, 0.2) is 29.3 Å². The Kier molecular flexibility index (Phi) is 6.97. The maximum absolute atomic E-state index is 11.2. The molecular formula is C11H13NO5. The third kappa shape index (κ3) is 6.06. The molecule has 0 aromatic carbocycles. The molecule has 1 unspecified atom stereocenters. The van der Waals surface area contributed by atoms with Gasteiger partial charge in [0, 0.05) is 17.6 Å². The molecule has 1 N–H and O–H groups in total. The quantitative estimate of drug-likeness (QED) is 0.305. The first-order valence-corrected chi connectivity index (χ1v) is 4.74. The number of carbonyl (C=O) groups is 2. The molecule has 0 aromatic heterocycles. The molecule has 0 aliphatic rings. The average molecular weight is 239 g/mol. The molecule has 0 saturated carbocycles. The second-order valence-corrected chi connectivity index (χ2v) is 3.08. The van der Waals surface area contributed by atoms with E-state index in [-0.39, 0.29) is 18.5 Å². The standard InChI is InChI=1S/C11H13NO5/c1-8(11(16)17-2)9(3-4-10(14)15)5-6-12-7-13/h3-4,9H,1,5-6H2,2H3,(H,14,15). The second kappa shape index (κ2) is 8.01. The number of hydrogen-bond donors (Lipinski definition) is 1. The molecule has 17 heavy (non-hydrogen) atoms. The van der Waals surface area contributed by atoms with Gasteiger partial charge in [-0.3, -0.25) is 0 Å². The van der Waals surface area contributed by atoms with Gasteiger partial charge in [-0.2, -0.15) is 0 Å². The summed E-state index contributed by atoms with van der Waals surface area (Å²) in [6, 6.07) is 0. The van der Waals surface area contributed by atoms with Gasteiger partial charge in [0.25, 0.3) is 0 Å². The Bertz CT molecular complexity index is 379. The summed E-state index contributed by atoms with van der Waals surface area (Å²) in [4.78, 5) is 34.8. The van der Waals surface area contributed by atoms with E-state index in [9.17, 15) is 14.4 Å². The minimum atomic E-state index is -1.13. The molecule has 0 radical (unpaired) electrons. The molecule has 1 atom stereocenters. The largest absolute Gasteiger partial charge is 0.478 e. The van der Waals surface area contributed by atoms with Gasteiger partial charge in [-0.25, -0.2) is 19.4 Å². The van der Waals surface area contributed by atoms with Gasteiger partial charge in [0.15, 0.2) is 0 Å². The number of aliphatic carboxylic acids is 1. The number of hydrogen-bond acceptors (Lipinski definition) is 5. The molecule has 0 aromatic rings. The average Bonchev–Trinajstić information content (AvgIpc) is 2.31. The van der Waals surface area contributed by atoms with Crippen molar-refractivity contribution in [3.63, 3.8) is 0 Å². The maximum Gasteiger partial charge on any atom is 0.333 e. The van der Waals surface area contributed by atoms with Crippen LogP contribution in [0.1, 0.15) is 6.42 Å². The monoisotopic (exact) mass is 239 g/mol. The third-order valence-corrected chi connectivity index (χ3v) is 1.98. The normalized spacial score (nSPS) is 11.6. The molecule has 0 amide bonds. The first-order valence-electron chi connectivity index (χ1n) is 4.74. The van der Waals surface area contributed by atoms with Crippen LogP contribution >= 0.6 is 0 Å². The van der Waals surface area contributed by atoms with Gasteiger partial charge in [0.1, 0.15) is 0 Å². The molecule has 0 bridgehead atoms. The molecule has 92 valence electrons. The van der Waals surface area contributed by atoms with Crippen LogP contribution in [-0.4, -0.2) is 36.8 Å².